The van der Waals surface area contributed by atoms with Crippen molar-refractivity contribution < 1.29 is 0 Å². The Morgan fingerprint density at radius 2 is 1.95 bits per heavy atom. The second-order valence-corrected chi connectivity index (χ2v) is 5.58. The Balaban J connectivity index is 2.13. The third-order valence-electron chi connectivity index (χ3n) is 2.89. The summed E-state index contributed by atoms with van der Waals surface area (Å²) in [6, 6.07) is 8.24. The van der Waals surface area contributed by atoms with Crippen LogP contribution in [0, 0.1) is 6.92 Å². The molecule has 0 saturated carbocycles. The Morgan fingerprint density at radius 1 is 1.26 bits per heavy atom. The molecule has 0 radical (unpaired) electrons. The van der Waals surface area contributed by atoms with E-state index in [0.29, 0.717) is 11.8 Å². The van der Waals surface area contributed by atoms with Crippen LogP contribution in [-0.4, -0.2) is 17.0 Å². The highest BCUT2D eigenvalue weighted by Crippen LogP contribution is 2.16. The first-order chi connectivity index (χ1) is 9.10. The van der Waals surface area contributed by atoms with Gasteiger partial charge in [0, 0.05) is 35.5 Å². The van der Waals surface area contributed by atoms with Crippen LogP contribution in [0.2, 0.25) is 0 Å². The minimum atomic E-state index is 0.447. The summed E-state index contributed by atoms with van der Waals surface area (Å²) in [4.78, 5) is 10.8. The van der Waals surface area contributed by atoms with Gasteiger partial charge in [-0.05, 0) is 24.6 Å². The van der Waals surface area contributed by atoms with Crippen LogP contribution in [0.3, 0.4) is 0 Å². The predicted molar refractivity (Wildman–Crippen MR) is 82.6 cm³/mol. The van der Waals surface area contributed by atoms with Crippen molar-refractivity contribution in [1.29, 1.82) is 0 Å². The fraction of sp³-hybridized carbons (Fsp3) is 0.286. The highest BCUT2D eigenvalue weighted by molar-refractivity contribution is 9.10. The second kappa shape index (κ2) is 6.35. The quantitative estimate of drug-likeness (QED) is 0.790. The zero-order valence-corrected chi connectivity index (χ0v) is 13.2. The van der Waals surface area contributed by atoms with Gasteiger partial charge in [0.25, 0.3) is 0 Å². The maximum Gasteiger partial charge on any atom is 0.225 e. The normalized spacial score (nSPS) is 10.5. The number of benzene rings is 1. The van der Waals surface area contributed by atoms with Crippen LogP contribution in [0.5, 0.6) is 0 Å². The van der Waals surface area contributed by atoms with Gasteiger partial charge in [-0.3, -0.25) is 0 Å². The van der Waals surface area contributed by atoms with E-state index in [9.17, 15) is 0 Å². The van der Waals surface area contributed by atoms with E-state index in [4.69, 9.17) is 11.6 Å². The summed E-state index contributed by atoms with van der Waals surface area (Å²) in [5.74, 6) is 1.16. The highest BCUT2D eigenvalue weighted by Gasteiger charge is 2.07. The van der Waals surface area contributed by atoms with Gasteiger partial charge in [0.1, 0.15) is 0 Å². The van der Waals surface area contributed by atoms with E-state index in [1.54, 1.807) is 6.20 Å². The average molecular weight is 341 g/mol. The lowest BCUT2D eigenvalue weighted by Crippen LogP contribution is -2.19. The van der Waals surface area contributed by atoms with Gasteiger partial charge in [-0.2, -0.15) is 0 Å². The molecule has 1 heterocycles. The molecular weight excluding hydrogens is 326 g/mol. The molecule has 0 fully saturated rings. The lowest BCUT2D eigenvalue weighted by molar-refractivity contribution is 0.854. The van der Waals surface area contributed by atoms with Gasteiger partial charge in [0.15, 0.2) is 0 Å². The molecule has 2 rings (SSSR count). The van der Waals surface area contributed by atoms with Gasteiger partial charge in [-0.15, -0.1) is 11.6 Å². The molecule has 0 aliphatic rings. The Bertz CT molecular complexity index is 557. The molecule has 1 aromatic carbocycles. The van der Waals surface area contributed by atoms with Gasteiger partial charge in [-0.25, -0.2) is 9.97 Å². The number of halogens is 2. The highest BCUT2D eigenvalue weighted by atomic mass is 79.9. The first kappa shape index (κ1) is 14.3. The summed E-state index contributed by atoms with van der Waals surface area (Å²) in [6.45, 7) is 2.73. The monoisotopic (exact) mass is 339 g/mol. The minimum Gasteiger partial charge on any atom is -0.340 e. The number of hydrogen-bond acceptors (Lipinski definition) is 3. The van der Waals surface area contributed by atoms with Gasteiger partial charge in [-0.1, -0.05) is 28.1 Å². The molecule has 0 aliphatic heterocycles. The van der Waals surface area contributed by atoms with Crippen molar-refractivity contribution >= 4 is 33.5 Å². The SMILES string of the molecule is Cc1nc(N(C)Cc2ccc(Br)cc2)ncc1CCl. The third-order valence-corrected chi connectivity index (χ3v) is 3.70. The van der Waals surface area contributed by atoms with E-state index in [1.165, 1.54) is 5.56 Å². The molecule has 1 aromatic heterocycles. The molecule has 5 heteroatoms. The lowest BCUT2D eigenvalue weighted by Gasteiger charge is -2.18. The van der Waals surface area contributed by atoms with E-state index in [1.807, 2.05) is 31.0 Å². The Labute approximate surface area is 126 Å². The summed E-state index contributed by atoms with van der Waals surface area (Å²) in [5, 5.41) is 0. The summed E-state index contributed by atoms with van der Waals surface area (Å²) in [7, 11) is 1.98. The molecule has 19 heavy (non-hydrogen) atoms. The van der Waals surface area contributed by atoms with Crippen molar-refractivity contribution in [3.8, 4) is 0 Å². The van der Waals surface area contributed by atoms with E-state index in [-0.39, 0.29) is 0 Å². The molecule has 0 aliphatic carbocycles. The zero-order chi connectivity index (χ0) is 13.8. The first-order valence-corrected chi connectivity index (χ1v) is 7.27. The first-order valence-electron chi connectivity index (χ1n) is 5.94. The molecule has 0 N–H and O–H groups in total. The van der Waals surface area contributed by atoms with Crippen LogP contribution in [-0.2, 0) is 12.4 Å². The van der Waals surface area contributed by atoms with Crippen molar-refractivity contribution in [3.63, 3.8) is 0 Å². The van der Waals surface area contributed by atoms with Crippen molar-refractivity contribution in [2.45, 2.75) is 19.3 Å². The second-order valence-electron chi connectivity index (χ2n) is 4.40. The van der Waals surface area contributed by atoms with Crippen molar-refractivity contribution in [1.82, 2.24) is 9.97 Å². The fourth-order valence-electron chi connectivity index (χ4n) is 1.73. The summed E-state index contributed by atoms with van der Waals surface area (Å²) in [6.07, 6.45) is 1.79. The number of anilines is 1. The number of aromatic nitrogens is 2. The van der Waals surface area contributed by atoms with Crippen molar-refractivity contribution in [2.75, 3.05) is 11.9 Å². The van der Waals surface area contributed by atoms with Crippen LogP contribution in [0.1, 0.15) is 16.8 Å². The number of aryl methyl sites for hydroxylation is 1. The average Bonchev–Trinajstić information content (AvgIpc) is 2.41. The molecule has 0 amide bonds. The predicted octanol–water partition coefficient (Wildman–Crippen LogP) is 3.92. The Kier molecular flexibility index (Phi) is 4.77. The summed E-state index contributed by atoms with van der Waals surface area (Å²) in [5.41, 5.74) is 3.12. The van der Waals surface area contributed by atoms with Crippen LogP contribution in [0.15, 0.2) is 34.9 Å². The number of hydrogen-bond donors (Lipinski definition) is 0. The Morgan fingerprint density at radius 3 is 2.53 bits per heavy atom. The third kappa shape index (κ3) is 3.67. The molecule has 0 bridgehead atoms. The van der Waals surface area contributed by atoms with E-state index < -0.39 is 0 Å². The number of rotatable bonds is 4. The molecule has 0 atom stereocenters. The molecule has 0 spiro atoms. The van der Waals surface area contributed by atoms with E-state index >= 15 is 0 Å². The van der Waals surface area contributed by atoms with E-state index in [2.05, 4.69) is 38.0 Å². The maximum atomic E-state index is 5.81. The fourth-order valence-corrected chi connectivity index (χ4v) is 2.26. The van der Waals surface area contributed by atoms with Gasteiger partial charge < -0.3 is 4.90 Å². The van der Waals surface area contributed by atoms with Gasteiger partial charge in [0.2, 0.25) is 5.95 Å². The Hall–Kier alpha value is -1.13. The van der Waals surface area contributed by atoms with Crippen molar-refractivity contribution in [2.24, 2.45) is 0 Å². The zero-order valence-electron chi connectivity index (χ0n) is 10.9. The van der Waals surface area contributed by atoms with E-state index in [0.717, 1.165) is 22.3 Å². The molecule has 2 aromatic rings. The van der Waals surface area contributed by atoms with Gasteiger partial charge >= 0.3 is 0 Å². The standard InChI is InChI=1S/C14H15BrClN3/c1-10-12(7-16)8-17-14(18-10)19(2)9-11-3-5-13(15)6-4-11/h3-6,8H,7,9H2,1-2H3. The minimum absolute atomic E-state index is 0.447. The largest absolute Gasteiger partial charge is 0.340 e. The molecule has 0 unspecified atom stereocenters. The van der Waals surface area contributed by atoms with Crippen LogP contribution in [0.4, 0.5) is 5.95 Å². The molecular formula is C14H15BrClN3. The smallest absolute Gasteiger partial charge is 0.225 e. The maximum absolute atomic E-state index is 5.81. The van der Waals surface area contributed by atoms with Crippen molar-refractivity contribution in [3.05, 3.63) is 51.8 Å². The van der Waals surface area contributed by atoms with Crippen LogP contribution >= 0.6 is 27.5 Å². The van der Waals surface area contributed by atoms with Crippen LogP contribution in [0.25, 0.3) is 0 Å². The molecule has 100 valence electrons. The summed E-state index contributed by atoms with van der Waals surface area (Å²) >= 11 is 9.24. The molecule has 3 nitrogen and oxygen atoms in total. The van der Waals surface area contributed by atoms with Crippen LogP contribution < -0.4 is 4.90 Å². The lowest BCUT2D eigenvalue weighted by atomic mass is 10.2. The van der Waals surface area contributed by atoms with Gasteiger partial charge in [0.05, 0.1) is 5.88 Å². The molecule has 0 saturated heterocycles. The topological polar surface area (TPSA) is 29.0 Å². The summed E-state index contributed by atoms with van der Waals surface area (Å²) < 4.78 is 1.08. The number of alkyl halides is 1. The number of nitrogens with zero attached hydrogens (tertiary/aromatic N) is 3.